The summed E-state index contributed by atoms with van der Waals surface area (Å²) in [7, 11) is 1.53. The second-order valence-corrected chi connectivity index (χ2v) is 5.93. The van der Waals surface area contributed by atoms with Gasteiger partial charge in [-0.1, -0.05) is 30.3 Å². The predicted octanol–water partition coefficient (Wildman–Crippen LogP) is 4.74. The van der Waals surface area contributed by atoms with Crippen LogP contribution < -0.4 is 10.1 Å². The van der Waals surface area contributed by atoms with E-state index in [0.717, 1.165) is 5.75 Å². The number of rotatable bonds is 7. The molecule has 3 rings (SSSR count). The van der Waals surface area contributed by atoms with Gasteiger partial charge in [-0.15, -0.1) is 0 Å². The number of amides is 1. The monoisotopic (exact) mass is 365 g/mol. The molecule has 27 heavy (non-hydrogen) atoms. The highest BCUT2D eigenvalue weighted by molar-refractivity contribution is 5.94. The minimum absolute atomic E-state index is 0.236. The third kappa shape index (κ3) is 5.15. The summed E-state index contributed by atoms with van der Waals surface area (Å²) in [5.74, 6) is 0.801. The first-order valence-electron chi connectivity index (χ1n) is 8.55. The standard InChI is InChI=1S/C22H20FNO3/c1-26-21(17-6-5-7-18(23)14-17)15-24-22(25)16-10-12-20(13-11-16)27-19-8-3-2-4-9-19/h2-14,21H,15H2,1H3,(H,24,25). The highest BCUT2D eigenvalue weighted by Gasteiger charge is 2.14. The number of nitrogens with one attached hydrogen (secondary N) is 1. The van der Waals surface area contributed by atoms with E-state index in [-0.39, 0.29) is 18.3 Å². The number of carbonyl (C=O) groups excluding carboxylic acids is 1. The molecule has 0 spiro atoms. The van der Waals surface area contributed by atoms with Gasteiger partial charge in [0, 0.05) is 19.2 Å². The molecule has 0 bridgehead atoms. The number of halogens is 1. The number of para-hydroxylation sites is 1. The van der Waals surface area contributed by atoms with E-state index in [2.05, 4.69) is 5.32 Å². The first kappa shape index (κ1) is 18.6. The lowest BCUT2D eigenvalue weighted by Crippen LogP contribution is -2.29. The molecule has 0 fully saturated rings. The third-order valence-corrected chi connectivity index (χ3v) is 4.05. The Kier molecular flexibility index (Phi) is 6.18. The smallest absolute Gasteiger partial charge is 0.251 e. The normalized spacial score (nSPS) is 11.6. The summed E-state index contributed by atoms with van der Waals surface area (Å²) in [5.41, 5.74) is 1.17. The highest BCUT2D eigenvalue weighted by Crippen LogP contribution is 2.21. The van der Waals surface area contributed by atoms with Gasteiger partial charge in [-0.05, 0) is 54.1 Å². The molecule has 0 aliphatic rings. The van der Waals surface area contributed by atoms with Crippen LogP contribution >= 0.6 is 0 Å². The fourth-order valence-corrected chi connectivity index (χ4v) is 2.63. The molecule has 3 aromatic rings. The molecule has 1 unspecified atom stereocenters. The quantitative estimate of drug-likeness (QED) is 0.658. The van der Waals surface area contributed by atoms with Crippen LogP contribution in [0.5, 0.6) is 11.5 Å². The van der Waals surface area contributed by atoms with Crippen molar-refractivity contribution >= 4 is 5.91 Å². The van der Waals surface area contributed by atoms with Crippen LogP contribution in [0.15, 0.2) is 78.9 Å². The molecule has 0 aliphatic carbocycles. The molecule has 3 aromatic carbocycles. The van der Waals surface area contributed by atoms with Crippen LogP contribution in [0.1, 0.15) is 22.0 Å². The summed E-state index contributed by atoms with van der Waals surface area (Å²) < 4.78 is 24.4. The molecule has 1 N–H and O–H groups in total. The van der Waals surface area contributed by atoms with Crippen LogP contribution in [0, 0.1) is 5.82 Å². The Bertz CT molecular complexity index is 882. The van der Waals surface area contributed by atoms with Crippen LogP contribution in [-0.2, 0) is 4.74 Å². The van der Waals surface area contributed by atoms with Crippen LogP contribution in [0.3, 0.4) is 0 Å². The zero-order valence-corrected chi connectivity index (χ0v) is 14.9. The van der Waals surface area contributed by atoms with E-state index in [9.17, 15) is 9.18 Å². The van der Waals surface area contributed by atoms with Crippen molar-refractivity contribution in [2.45, 2.75) is 6.10 Å². The second-order valence-electron chi connectivity index (χ2n) is 5.93. The Morgan fingerprint density at radius 3 is 2.33 bits per heavy atom. The molecule has 1 amide bonds. The first-order chi connectivity index (χ1) is 13.2. The van der Waals surface area contributed by atoms with Crippen molar-refractivity contribution < 1.29 is 18.7 Å². The maximum absolute atomic E-state index is 13.4. The molecular formula is C22H20FNO3. The lowest BCUT2D eigenvalue weighted by Gasteiger charge is -2.16. The van der Waals surface area contributed by atoms with Gasteiger partial charge in [-0.2, -0.15) is 0 Å². The number of hydrogen-bond donors (Lipinski definition) is 1. The highest BCUT2D eigenvalue weighted by atomic mass is 19.1. The number of carbonyl (C=O) groups is 1. The van der Waals surface area contributed by atoms with Crippen molar-refractivity contribution in [3.8, 4) is 11.5 Å². The van der Waals surface area contributed by atoms with E-state index < -0.39 is 6.10 Å². The van der Waals surface area contributed by atoms with Crippen molar-refractivity contribution in [2.75, 3.05) is 13.7 Å². The number of methoxy groups -OCH3 is 1. The molecular weight excluding hydrogens is 345 g/mol. The average molecular weight is 365 g/mol. The summed E-state index contributed by atoms with van der Waals surface area (Å²) >= 11 is 0. The maximum Gasteiger partial charge on any atom is 0.251 e. The topological polar surface area (TPSA) is 47.6 Å². The summed E-state index contributed by atoms with van der Waals surface area (Å²) in [5, 5.41) is 2.81. The van der Waals surface area contributed by atoms with Gasteiger partial charge in [0.2, 0.25) is 0 Å². The second kappa shape index (κ2) is 8.96. The zero-order valence-electron chi connectivity index (χ0n) is 14.9. The predicted molar refractivity (Wildman–Crippen MR) is 101 cm³/mol. The minimum atomic E-state index is -0.426. The van der Waals surface area contributed by atoms with Crippen LogP contribution in [-0.4, -0.2) is 19.6 Å². The van der Waals surface area contributed by atoms with E-state index in [4.69, 9.17) is 9.47 Å². The molecule has 0 heterocycles. The summed E-state index contributed by atoms with van der Waals surface area (Å²) in [6.07, 6.45) is -0.426. The van der Waals surface area contributed by atoms with Gasteiger partial charge in [0.15, 0.2) is 0 Å². The molecule has 0 saturated carbocycles. The number of hydrogen-bond acceptors (Lipinski definition) is 3. The van der Waals surface area contributed by atoms with Crippen LogP contribution in [0.4, 0.5) is 4.39 Å². The van der Waals surface area contributed by atoms with Gasteiger partial charge in [-0.3, -0.25) is 4.79 Å². The molecule has 0 saturated heterocycles. The van der Waals surface area contributed by atoms with Crippen LogP contribution in [0.2, 0.25) is 0 Å². The SMILES string of the molecule is COC(CNC(=O)c1ccc(Oc2ccccc2)cc1)c1cccc(F)c1. The molecule has 138 valence electrons. The third-order valence-electron chi connectivity index (χ3n) is 4.05. The van der Waals surface area contributed by atoms with Crippen molar-refractivity contribution in [1.82, 2.24) is 5.32 Å². The van der Waals surface area contributed by atoms with Crippen molar-refractivity contribution in [2.24, 2.45) is 0 Å². The zero-order chi connectivity index (χ0) is 19.1. The molecule has 0 radical (unpaired) electrons. The minimum Gasteiger partial charge on any atom is -0.457 e. The van der Waals surface area contributed by atoms with Crippen molar-refractivity contribution in [3.63, 3.8) is 0 Å². The molecule has 0 aliphatic heterocycles. The largest absolute Gasteiger partial charge is 0.457 e. The Labute approximate surface area is 157 Å². The molecule has 0 aromatic heterocycles. The summed E-state index contributed by atoms with van der Waals surface area (Å²) in [4.78, 5) is 12.4. The Morgan fingerprint density at radius 1 is 0.963 bits per heavy atom. The Morgan fingerprint density at radius 2 is 1.67 bits per heavy atom. The van der Waals surface area contributed by atoms with Crippen molar-refractivity contribution in [3.05, 3.63) is 95.8 Å². The fourth-order valence-electron chi connectivity index (χ4n) is 2.63. The molecule has 1 atom stereocenters. The average Bonchev–Trinajstić information content (AvgIpc) is 2.70. The summed E-state index contributed by atoms with van der Waals surface area (Å²) in [6.45, 7) is 0.237. The Balaban J connectivity index is 1.59. The van der Waals surface area contributed by atoms with Gasteiger partial charge in [0.25, 0.3) is 5.91 Å². The van der Waals surface area contributed by atoms with E-state index in [1.54, 1.807) is 36.4 Å². The lowest BCUT2D eigenvalue weighted by atomic mass is 10.1. The number of ether oxygens (including phenoxy) is 2. The van der Waals surface area contributed by atoms with Gasteiger partial charge in [0.05, 0.1) is 6.10 Å². The Hall–Kier alpha value is -3.18. The number of benzene rings is 3. The fraction of sp³-hybridized carbons (Fsp3) is 0.136. The summed E-state index contributed by atoms with van der Waals surface area (Å²) in [6, 6.07) is 22.4. The molecule has 4 nitrogen and oxygen atoms in total. The van der Waals surface area contributed by atoms with Crippen molar-refractivity contribution in [1.29, 1.82) is 0 Å². The van der Waals surface area contributed by atoms with E-state index in [0.29, 0.717) is 16.9 Å². The lowest BCUT2D eigenvalue weighted by molar-refractivity contribution is 0.0827. The van der Waals surface area contributed by atoms with Gasteiger partial charge in [-0.25, -0.2) is 4.39 Å². The van der Waals surface area contributed by atoms with E-state index in [1.165, 1.54) is 19.2 Å². The van der Waals surface area contributed by atoms with Crippen LogP contribution in [0.25, 0.3) is 0 Å². The van der Waals surface area contributed by atoms with Gasteiger partial charge in [0.1, 0.15) is 17.3 Å². The van der Waals surface area contributed by atoms with Gasteiger partial charge < -0.3 is 14.8 Å². The first-order valence-corrected chi connectivity index (χ1v) is 8.55. The molecule has 5 heteroatoms. The van der Waals surface area contributed by atoms with Gasteiger partial charge >= 0.3 is 0 Å². The van der Waals surface area contributed by atoms with E-state index in [1.807, 2.05) is 30.3 Å². The van der Waals surface area contributed by atoms with E-state index >= 15 is 0 Å². The maximum atomic E-state index is 13.4.